The van der Waals surface area contributed by atoms with Crippen LogP contribution in [0.2, 0.25) is 0 Å². The topological polar surface area (TPSA) is 44.8 Å². The summed E-state index contributed by atoms with van der Waals surface area (Å²) in [5, 5.41) is 0. The van der Waals surface area contributed by atoms with E-state index in [0.29, 0.717) is 37.7 Å². The average Bonchev–Trinajstić information content (AvgIpc) is 2.44. The Morgan fingerprint density at radius 3 is 2.14 bits per heavy atom. The van der Waals surface area contributed by atoms with Crippen LogP contribution in [0.1, 0.15) is 46.6 Å². The Balaban J connectivity index is 3.14. The van der Waals surface area contributed by atoms with Gasteiger partial charge in [-0.05, 0) is 51.7 Å². The number of hydrogen-bond acceptors (Lipinski definition) is 4. The lowest BCUT2D eigenvalue weighted by Gasteiger charge is -2.20. The van der Waals surface area contributed by atoms with Crippen LogP contribution in [0.3, 0.4) is 0 Å². The molecular weight excluding hydrogens is 280 g/mol. The van der Waals surface area contributed by atoms with Crippen LogP contribution in [0.25, 0.3) is 0 Å². The summed E-state index contributed by atoms with van der Waals surface area (Å²) < 4.78 is 17.2. The Hall–Kier alpha value is -1.71. The molecule has 0 saturated carbocycles. The van der Waals surface area contributed by atoms with Crippen LogP contribution in [-0.4, -0.2) is 25.6 Å². The van der Waals surface area contributed by atoms with Crippen molar-refractivity contribution in [3.63, 3.8) is 0 Å². The van der Waals surface area contributed by atoms with Crippen LogP contribution in [0.5, 0.6) is 17.2 Å². The molecule has 1 atom stereocenters. The molecule has 0 bridgehead atoms. The number of carbonyl (C=O) groups is 1. The lowest BCUT2D eigenvalue weighted by Crippen LogP contribution is -2.09. The quantitative estimate of drug-likeness (QED) is 0.654. The van der Waals surface area contributed by atoms with Crippen molar-refractivity contribution in [2.24, 2.45) is 5.92 Å². The van der Waals surface area contributed by atoms with Crippen LogP contribution in [-0.2, 0) is 11.2 Å². The fraction of sp³-hybridized carbons (Fsp3) is 0.611. The Bertz CT molecular complexity index is 482. The van der Waals surface area contributed by atoms with Crippen molar-refractivity contribution < 1.29 is 19.0 Å². The van der Waals surface area contributed by atoms with Crippen LogP contribution >= 0.6 is 0 Å². The number of carbonyl (C=O) groups excluding carboxylic acids is 1. The van der Waals surface area contributed by atoms with Crippen LogP contribution in [0.15, 0.2) is 12.1 Å². The van der Waals surface area contributed by atoms with E-state index in [4.69, 9.17) is 14.2 Å². The van der Waals surface area contributed by atoms with Gasteiger partial charge in [-0.1, -0.05) is 13.0 Å². The van der Waals surface area contributed by atoms with E-state index >= 15 is 0 Å². The molecule has 0 N–H and O–H groups in total. The fourth-order valence-corrected chi connectivity index (χ4v) is 2.54. The maximum Gasteiger partial charge on any atom is 0.203 e. The first-order chi connectivity index (χ1) is 10.5. The number of ketones is 1. The van der Waals surface area contributed by atoms with Crippen molar-refractivity contribution in [3.05, 3.63) is 17.7 Å². The van der Waals surface area contributed by atoms with Crippen molar-refractivity contribution in [1.29, 1.82) is 0 Å². The van der Waals surface area contributed by atoms with E-state index in [0.717, 1.165) is 17.7 Å². The highest BCUT2D eigenvalue weighted by Gasteiger charge is 2.19. The molecular formula is C18H28O4. The van der Waals surface area contributed by atoms with Crippen LogP contribution in [0.4, 0.5) is 0 Å². The normalized spacial score (nSPS) is 11.9. The summed E-state index contributed by atoms with van der Waals surface area (Å²) in [4.78, 5) is 11.3. The number of rotatable bonds is 10. The molecule has 4 nitrogen and oxygen atoms in total. The summed E-state index contributed by atoms with van der Waals surface area (Å²) in [6.07, 6.45) is 1.35. The molecule has 124 valence electrons. The molecule has 0 aliphatic carbocycles. The second-order valence-electron chi connectivity index (χ2n) is 5.40. The minimum Gasteiger partial charge on any atom is -0.490 e. The van der Waals surface area contributed by atoms with Crippen molar-refractivity contribution in [2.45, 2.75) is 47.5 Å². The lowest BCUT2D eigenvalue weighted by atomic mass is 9.95. The van der Waals surface area contributed by atoms with E-state index in [1.165, 1.54) is 0 Å². The summed E-state index contributed by atoms with van der Waals surface area (Å²) in [7, 11) is 0. The third-order valence-corrected chi connectivity index (χ3v) is 3.24. The summed E-state index contributed by atoms with van der Waals surface area (Å²) in [5.74, 6) is 2.59. The minimum absolute atomic E-state index is 0.210. The molecule has 4 heteroatoms. The standard InChI is InChI=1S/C18H28O4/c1-6-20-16-10-9-15(12-13(4)11-14(5)19)17(21-7-2)18(16)22-8-3/h9-10,13H,6-8,11-12H2,1-5H3. The second kappa shape index (κ2) is 9.34. The van der Waals surface area contributed by atoms with E-state index in [-0.39, 0.29) is 11.7 Å². The van der Waals surface area contributed by atoms with Gasteiger partial charge in [-0.2, -0.15) is 0 Å². The third-order valence-electron chi connectivity index (χ3n) is 3.24. The predicted octanol–water partition coefficient (Wildman–Crippen LogP) is 4.04. The van der Waals surface area contributed by atoms with Gasteiger partial charge in [-0.25, -0.2) is 0 Å². The highest BCUT2D eigenvalue weighted by Crippen LogP contribution is 2.41. The Morgan fingerprint density at radius 1 is 1.00 bits per heavy atom. The summed E-state index contributed by atoms with van der Waals surface area (Å²) >= 11 is 0. The van der Waals surface area contributed by atoms with Gasteiger partial charge in [0.1, 0.15) is 5.78 Å². The van der Waals surface area contributed by atoms with Gasteiger partial charge in [-0.3, -0.25) is 0 Å². The largest absolute Gasteiger partial charge is 0.490 e. The fourth-order valence-electron chi connectivity index (χ4n) is 2.54. The van der Waals surface area contributed by atoms with Crippen molar-refractivity contribution >= 4 is 5.78 Å². The molecule has 1 aromatic rings. The van der Waals surface area contributed by atoms with Gasteiger partial charge < -0.3 is 19.0 Å². The van der Waals surface area contributed by atoms with Crippen LogP contribution in [0, 0.1) is 5.92 Å². The molecule has 0 heterocycles. The van der Waals surface area contributed by atoms with E-state index in [9.17, 15) is 4.79 Å². The van der Waals surface area contributed by atoms with Crippen molar-refractivity contribution in [1.82, 2.24) is 0 Å². The van der Waals surface area contributed by atoms with Gasteiger partial charge in [0.05, 0.1) is 19.8 Å². The van der Waals surface area contributed by atoms with Crippen molar-refractivity contribution in [2.75, 3.05) is 19.8 Å². The zero-order valence-corrected chi connectivity index (χ0v) is 14.4. The van der Waals surface area contributed by atoms with Gasteiger partial charge in [0.15, 0.2) is 11.5 Å². The summed E-state index contributed by atoms with van der Waals surface area (Å²) in [6.45, 7) is 11.2. The lowest BCUT2D eigenvalue weighted by molar-refractivity contribution is -0.117. The molecule has 0 fully saturated rings. The number of ether oxygens (including phenoxy) is 3. The highest BCUT2D eigenvalue weighted by atomic mass is 16.5. The molecule has 1 rings (SSSR count). The first kappa shape index (κ1) is 18.3. The highest BCUT2D eigenvalue weighted by molar-refractivity contribution is 5.75. The monoisotopic (exact) mass is 308 g/mol. The number of benzene rings is 1. The molecule has 0 amide bonds. The Morgan fingerprint density at radius 2 is 1.59 bits per heavy atom. The number of Topliss-reactive ketones (excluding diaryl/α,β-unsaturated/α-hetero) is 1. The first-order valence-corrected chi connectivity index (χ1v) is 8.07. The van der Waals surface area contributed by atoms with Gasteiger partial charge in [-0.15, -0.1) is 0 Å². The molecule has 0 saturated heterocycles. The minimum atomic E-state index is 0.210. The molecule has 22 heavy (non-hydrogen) atoms. The summed E-state index contributed by atoms with van der Waals surface area (Å²) in [6, 6.07) is 3.93. The zero-order valence-electron chi connectivity index (χ0n) is 14.4. The number of hydrogen-bond donors (Lipinski definition) is 0. The maximum atomic E-state index is 11.3. The maximum absolute atomic E-state index is 11.3. The SMILES string of the molecule is CCOc1ccc(CC(C)CC(C)=O)c(OCC)c1OCC. The molecule has 0 aliphatic heterocycles. The molecule has 1 aromatic carbocycles. The first-order valence-electron chi connectivity index (χ1n) is 8.07. The predicted molar refractivity (Wildman–Crippen MR) is 88.1 cm³/mol. The van der Waals surface area contributed by atoms with Gasteiger partial charge in [0.2, 0.25) is 5.75 Å². The average molecular weight is 308 g/mol. The van der Waals surface area contributed by atoms with E-state index in [2.05, 4.69) is 6.92 Å². The molecule has 1 unspecified atom stereocenters. The van der Waals surface area contributed by atoms with E-state index in [1.54, 1.807) is 6.92 Å². The zero-order chi connectivity index (χ0) is 16.5. The van der Waals surface area contributed by atoms with Crippen molar-refractivity contribution in [3.8, 4) is 17.2 Å². The Kier molecular flexibility index (Phi) is 7.78. The van der Waals surface area contributed by atoms with E-state index < -0.39 is 0 Å². The van der Waals surface area contributed by atoms with Gasteiger partial charge >= 0.3 is 0 Å². The van der Waals surface area contributed by atoms with E-state index in [1.807, 2.05) is 32.9 Å². The smallest absolute Gasteiger partial charge is 0.203 e. The molecule has 0 aliphatic rings. The van der Waals surface area contributed by atoms with Gasteiger partial charge in [0.25, 0.3) is 0 Å². The third kappa shape index (κ3) is 5.24. The molecule has 0 radical (unpaired) electrons. The van der Waals surface area contributed by atoms with Gasteiger partial charge in [0, 0.05) is 6.42 Å². The van der Waals surface area contributed by atoms with Crippen LogP contribution < -0.4 is 14.2 Å². The Labute approximate surface area is 133 Å². The second-order valence-corrected chi connectivity index (χ2v) is 5.40. The molecule has 0 spiro atoms. The molecule has 0 aromatic heterocycles. The summed E-state index contributed by atoms with van der Waals surface area (Å²) in [5.41, 5.74) is 1.06.